The zero-order valence-corrected chi connectivity index (χ0v) is 6.53. The van der Waals surface area contributed by atoms with Gasteiger partial charge in [-0.1, -0.05) is 0 Å². The Morgan fingerprint density at radius 1 is 1.33 bits per heavy atom. The first-order valence-electron chi connectivity index (χ1n) is 3.07. The Kier molecular flexibility index (Phi) is 6.65. The van der Waals surface area contributed by atoms with Crippen LogP contribution in [-0.2, 0) is 9.59 Å². The number of rotatable bonds is 4. The van der Waals surface area contributed by atoms with E-state index in [0.717, 1.165) is 0 Å². The first kappa shape index (κ1) is 14.4. The van der Waals surface area contributed by atoms with Crippen LogP contribution >= 0.6 is 0 Å². The molecular formula is C6H12NNaO4. The summed E-state index contributed by atoms with van der Waals surface area (Å²) in [5.41, 5.74) is 0. The molecule has 0 fully saturated rings. The average molecular weight is 185 g/mol. The third-order valence-corrected chi connectivity index (χ3v) is 1.12. The molecule has 12 heavy (non-hydrogen) atoms. The summed E-state index contributed by atoms with van der Waals surface area (Å²) in [6, 6.07) is 0. The van der Waals surface area contributed by atoms with E-state index in [1.807, 2.05) is 0 Å². The number of nitrogens with zero attached hydrogens (tertiary/aromatic N) is 1. The molecule has 0 saturated carbocycles. The SMILES string of the molecule is C[N+](C)(CC(=O)[O-])CC(=O)O.[NaH]. The van der Waals surface area contributed by atoms with Gasteiger partial charge in [-0.3, -0.25) is 0 Å². The Hall–Kier alpha value is -0.100. The molecule has 0 rings (SSSR count). The maximum absolute atomic E-state index is 10.2. The van der Waals surface area contributed by atoms with E-state index in [1.54, 1.807) is 0 Å². The van der Waals surface area contributed by atoms with Crippen molar-refractivity contribution in [2.24, 2.45) is 0 Å². The number of carbonyl (C=O) groups excluding carboxylic acids is 1. The summed E-state index contributed by atoms with van der Waals surface area (Å²) >= 11 is 0. The van der Waals surface area contributed by atoms with Crippen LogP contribution in [0.3, 0.4) is 0 Å². The molecular weight excluding hydrogens is 173 g/mol. The second kappa shape index (κ2) is 5.53. The summed E-state index contributed by atoms with van der Waals surface area (Å²) in [4.78, 5) is 20.2. The Balaban J connectivity index is 0. The van der Waals surface area contributed by atoms with Crippen LogP contribution in [0.2, 0.25) is 0 Å². The van der Waals surface area contributed by atoms with Gasteiger partial charge in [0.15, 0.2) is 6.54 Å². The first-order chi connectivity index (χ1) is 4.83. The molecule has 0 spiro atoms. The monoisotopic (exact) mass is 185 g/mol. The fourth-order valence-corrected chi connectivity index (χ4v) is 0.772. The molecule has 0 atom stereocenters. The molecule has 0 heterocycles. The molecule has 0 radical (unpaired) electrons. The maximum atomic E-state index is 10.2. The molecule has 0 aliphatic carbocycles. The van der Waals surface area contributed by atoms with Gasteiger partial charge in [-0.05, 0) is 0 Å². The number of carboxylic acid groups (broad SMARTS) is 2. The van der Waals surface area contributed by atoms with E-state index in [1.165, 1.54) is 14.1 Å². The molecule has 6 heteroatoms. The van der Waals surface area contributed by atoms with Gasteiger partial charge in [0.25, 0.3) is 0 Å². The van der Waals surface area contributed by atoms with Crippen molar-refractivity contribution in [3.8, 4) is 0 Å². The third kappa shape index (κ3) is 8.00. The standard InChI is InChI=1S/C6H11NO4.Na.H/c1-7(2,3-5(8)9)4-6(10)11;;/h3-4H2,1-2H3,(H-,8,9,10,11);;. The number of quaternary nitrogens is 1. The van der Waals surface area contributed by atoms with Gasteiger partial charge < -0.3 is 19.5 Å². The van der Waals surface area contributed by atoms with Crippen LogP contribution in [0.1, 0.15) is 0 Å². The van der Waals surface area contributed by atoms with Crippen LogP contribution in [0.5, 0.6) is 0 Å². The van der Waals surface area contributed by atoms with Gasteiger partial charge in [0, 0.05) is 0 Å². The van der Waals surface area contributed by atoms with Gasteiger partial charge in [0.05, 0.1) is 20.1 Å². The van der Waals surface area contributed by atoms with E-state index in [9.17, 15) is 14.7 Å². The van der Waals surface area contributed by atoms with Crippen molar-refractivity contribution in [2.45, 2.75) is 0 Å². The van der Waals surface area contributed by atoms with Crippen molar-refractivity contribution in [3.05, 3.63) is 0 Å². The fraction of sp³-hybridized carbons (Fsp3) is 0.667. The van der Waals surface area contributed by atoms with E-state index < -0.39 is 11.9 Å². The van der Waals surface area contributed by atoms with Crippen LogP contribution < -0.4 is 5.11 Å². The van der Waals surface area contributed by atoms with Crippen molar-refractivity contribution in [3.63, 3.8) is 0 Å². The normalized spacial score (nSPS) is 10.2. The van der Waals surface area contributed by atoms with Gasteiger partial charge in [0.2, 0.25) is 0 Å². The fourth-order valence-electron chi connectivity index (χ4n) is 0.772. The van der Waals surface area contributed by atoms with Crippen LogP contribution in [-0.4, -0.2) is 78.3 Å². The van der Waals surface area contributed by atoms with Gasteiger partial charge in [-0.25, -0.2) is 4.79 Å². The minimum atomic E-state index is -1.24. The molecule has 0 amide bonds. The Bertz CT molecular complexity index is 162. The van der Waals surface area contributed by atoms with Crippen LogP contribution in [0, 0.1) is 0 Å². The number of carbonyl (C=O) groups is 2. The molecule has 0 saturated heterocycles. The molecule has 66 valence electrons. The molecule has 5 nitrogen and oxygen atoms in total. The molecule has 0 aliphatic rings. The predicted octanol–water partition coefficient (Wildman–Crippen LogP) is -2.75. The van der Waals surface area contributed by atoms with E-state index in [-0.39, 0.29) is 47.1 Å². The summed E-state index contributed by atoms with van der Waals surface area (Å²) in [5.74, 6) is -2.26. The van der Waals surface area contributed by atoms with Crippen LogP contribution in [0.4, 0.5) is 0 Å². The zero-order chi connectivity index (χ0) is 9.07. The Morgan fingerprint density at radius 2 is 1.75 bits per heavy atom. The molecule has 0 bridgehead atoms. The predicted molar refractivity (Wildman–Crippen MR) is 41.6 cm³/mol. The summed E-state index contributed by atoms with van der Waals surface area (Å²) in [7, 11) is 3.04. The first-order valence-corrected chi connectivity index (χ1v) is 3.07. The second-order valence-electron chi connectivity index (χ2n) is 3.02. The van der Waals surface area contributed by atoms with Crippen LogP contribution in [0.25, 0.3) is 0 Å². The second-order valence-corrected chi connectivity index (χ2v) is 3.02. The topological polar surface area (TPSA) is 77.4 Å². The number of hydrogen-bond acceptors (Lipinski definition) is 3. The van der Waals surface area contributed by atoms with Crippen molar-refractivity contribution in [1.82, 2.24) is 0 Å². The zero-order valence-electron chi connectivity index (χ0n) is 6.53. The Labute approximate surface area is 92.9 Å². The van der Waals surface area contributed by atoms with E-state index in [4.69, 9.17) is 5.11 Å². The average Bonchev–Trinajstić information content (AvgIpc) is 1.53. The summed E-state index contributed by atoms with van der Waals surface area (Å²) < 4.78 is -0.0995. The molecule has 0 aromatic heterocycles. The molecule has 0 unspecified atom stereocenters. The van der Waals surface area contributed by atoms with E-state index in [0.29, 0.717) is 0 Å². The number of likely N-dealkylation sites (N-methyl/N-ethyl adjacent to an activating group) is 1. The molecule has 0 aromatic carbocycles. The summed E-state index contributed by atoms with van der Waals surface area (Å²) in [6.07, 6.45) is 0. The minimum absolute atomic E-state index is 0. The number of aliphatic carboxylic acids is 2. The van der Waals surface area contributed by atoms with Gasteiger partial charge in [0.1, 0.15) is 6.54 Å². The molecule has 0 aromatic rings. The summed E-state index contributed by atoms with van der Waals surface area (Å²) in [5, 5.41) is 18.4. The molecule has 0 aliphatic heterocycles. The van der Waals surface area contributed by atoms with Crippen molar-refractivity contribution in [1.29, 1.82) is 0 Å². The van der Waals surface area contributed by atoms with Crippen molar-refractivity contribution < 1.29 is 24.3 Å². The van der Waals surface area contributed by atoms with Gasteiger partial charge in [-0.2, -0.15) is 0 Å². The number of hydrogen-bond donors (Lipinski definition) is 1. The quantitative estimate of drug-likeness (QED) is 0.380. The third-order valence-electron chi connectivity index (χ3n) is 1.12. The van der Waals surface area contributed by atoms with E-state index >= 15 is 0 Å². The van der Waals surface area contributed by atoms with E-state index in [2.05, 4.69) is 0 Å². The van der Waals surface area contributed by atoms with Gasteiger partial charge >= 0.3 is 35.5 Å². The van der Waals surface area contributed by atoms with Gasteiger partial charge in [-0.15, -0.1) is 0 Å². The van der Waals surface area contributed by atoms with Crippen molar-refractivity contribution in [2.75, 3.05) is 27.2 Å². The van der Waals surface area contributed by atoms with Crippen molar-refractivity contribution >= 4 is 41.5 Å². The molecule has 1 N–H and O–H groups in total. The summed E-state index contributed by atoms with van der Waals surface area (Å²) in [6.45, 7) is -0.500. The van der Waals surface area contributed by atoms with Crippen LogP contribution in [0.15, 0.2) is 0 Å². The number of carboxylic acids is 2. The Morgan fingerprint density at radius 3 is 2.00 bits per heavy atom.